The van der Waals surface area contributed by atoms with Crippen molar-refractivity contribution in [3.63, 3.8) is 0 Å². The van der Waals surface area contributed by atoms with Crippen molar-refractivity contribution in [3.05, 3.63) is 52.5 Å². The lowest BCUT2D eigenvalue weighted by Crippen LogP contribution is -2.28. The predicted molar refractivity (Wildman–Crippen MR) is 105 cm³/mol. The predicted octanol–water partition coefficient (Wildman–Crippen LogP) is 4.16. The summed E-state index contributed by atoms with van der Waals surface area (Å²) in [6, 6.07) is 10.1. The first-order valence-corrected chi connectivity index (χ1v) is 9.46. The summed E-state index contributed by atoms with van der Waals surface area (Å²) in [6.45, 7) is 1.93. The topological polar surface area (TPSA) is 79.4 Å². The number of halogens is 1. The molecule has 4 rings (SSSR count). The van der Waals surface area contributed by atoms with E-state index in [1.807, 2.05) is 13.0 Å². The van der Waals surface area contributed by atoms with Gasteiger partial charge in [0.15, 0.2) is 5.13 Å². The van der Waals surface area contributed by atoms with Crippen LogP contribution in [0.2, 0.25) is 5.02 Å². The molecule has 1 aliphatic rings. The van der Waals surface area contributed by atoms with Crippen molar-refractivity contribution < 1.29 is 14.4 Å². The van der Waals surface area contributed by atoms with E-state index in [2.05, 4.69) is 10.3 Å². The Morgan fingerprint density at radius 3 is 2.63 bits per heavy atom. The minimum absolute atomic E-state index is 0.196. The van der Waals surface area contributed by atoms with Crippen molar-refractivity contribution >= 4 is 61.7 Å². The molecule has 0 atom stereocenters. The number of benzene rings is 2. The molecule has 1 fully saturated rings. The fraction of sp³-hybridized carbons (Fsp3) is 0.158. The number of carbonyl (C=O) groups excluding carboxylic acids is 3. The Bertz CT molecular complexity index is 1050. The summed E-state index contributed by atoms with van der Waals surface area (Å²) in [6.07, 6.45) is 0.391. The van der Waals surface area contributed by atoms with Gasteiger partial charge in [0.2, 0.25) is 11.8 Å². The van der Waals surface area contributed by atoms with E-state index in [4.69, 9.17) is 11.6 Å². The van der Waals surface area contributed by atoms with Crippen molar-refractivity contribution in [1.82, 2.24) is 4.98 Å². The van der Waals surface area contributed by atoms with Gasteiger partial charge in [0.05, 0.1) is 20.9 Å². The fourth-order valence-corrected chi connectivity index (χ4v) is 4.19. The Hall–Kier alpha value is -2.77. The molecule has 3 aromatic rings. The number of thiazole rings is 1. The van der Waals surface area contributed by atoms with Gasteiger partial charge in [0.25, 0.3) is 5.91 Å². The SMILES string of the molecule is Cc1ccc(Cl)c2sc(NC(=O)c3cccc(N4C(=O)CCC4=O)c3)nc12. The molecule has 0 spiro atoms. The Morgan fingerprint density at radius 1 is 1.19 bits per heavy atom. The van der Waals surface area contributed by atoms with Crippen LogP contribution in [0.4, 0.5) is 10.8 Å². The first kappa shape index (κ1) is 17.6. The lowest BCUT2D eigenvalue weighted by molar-refractivity contribution is -0.121. The van der Waals surface area contributed by atoms with Crippen LogP contribution in [-0.4, -0.2) is 22.7 Å². The quantitative estimate of drug-likeness (QED) is 0.670. The van der Waals surface area contributed by atoms with E-state index in [9.17, 15) is 14.4 Å². The van der Waals surface area contributed by atoms with Crippen molar-refractivity contribution in [2.45, 2.75) is 19.8 Å². The van der Waals surface area contributed by atoms with Crippen LogP contribution in [0.15, 0.2) is 36.4 Å². The summed E-state index contributed by atoms with van der Waals surface area (Å²) < 4.78 is 0.814. The van der Waals surface area contributed by atoms with E-state index in [-0.39, 0.29) is 30.6 Å². The molecule has 27 heavy (non-hydrogen) atoms. The van der Waals surface area contributed by atoms with E-state index in [1.54, 1.807) is 24.3 Å². The van der Waals surface area contributed by atoms with Crippen LogP contribution >= 0.6 is 22.9 Å². The average Bonchev–Trinajstić information content (AvgIpc) is 3.22. The Kier molecular flexibility index (Phi) is 4.41. The van der Waals surface area contributed by atoms with Gasteiger partial charge in [-0.15, -0.1) is 0 Å². The molecular weight excluding hydrogens is 386 g/mol. The molecule has 1 N–H and O–H groups in total. The first-order chi connectivity index (χ1) is 12.9. The Morgan fingerprint density at radius 2 is 1.93 bits per heavy atom. The lowest BCUT2D eigenvalue weighted by Gasteiger charge is -2.14. The number of fused-ring (bicyclic) bond motifs is 1. The van der Waals surface area contributed by atoms with Gasteiger partial charge < -0.3 is 0 Å². The minimum atomic E-state index is -0.372. The molecule has 1 saturated heterocycles. The van der Waals surface area contributed by atoms with Gasteiger partial charge in [-0.3, -0.25) is 24.6 Å². The molecule has 8 heteroatoms. The summed E-state index contributed by atoms with van der Waals surface area (Å²) in [5.41, 5.74) is 2.46. The number of rotatable bonds is 3. The van der Waals surface area contributed by atoms with Crippen LogP contribution in [0.5, 0.6) is 0 Å². The zero-order valence-corrected chi connectivity index (χ0v) is 15.9. The molecule has 0 unspecified atom stereocenters. The summed E-state index contributed by atoms with van der Waals surface area (Å²) in [7, 11) is 0. The molecule has 2 aromatic carbocycles. The van der Waals surface area contributed by atoms with E-state index < -0.39 is 0 Å². The van der Waals surface area contributed by atoms with E-state index in [0.717, 1.165) is 20.7 Å². The van der Waals surface area contributed by atoms with Gasteiger partial charge >= 0.3 is 0 Å². The molecule has 1 aliphatic heterocycles. The smallest absolute Gasteiger partial charge is 0.257 e. The first-order valence-electron chi connectivity index (χ1n) is 8.27. The third kappa shape index (κ3) is 3.20. The maximum Gasteiger partial charge on any atom is 0.257 e. The molecule has 6 nitrogen and oxygen atoms in total. The Labute approximate surface area is 163 Å². The van der Waals surface area contributed by atoms with Gasteiger partial charge in [0.1, 0.15) is 0 Å². The largest absolute Gasteiger partial charge is 0.298 e. The van der Waals surface area contributed by atoms with E-state index >= 15 is 0 Å². The highest BCUT2D eigenvalue weighted by molar-refractivity contribution is 7.23. The maximum atomic E-state index is 12.6. The third-order valence-electron chi connectivity index (χ3n) is 4.34. The van der Waals surface area contributed by atoms with Crippen LogP contribution in [-0.2, 0) is 9.59 Å². The summed E-state index contributed by atoms with van der Waals surface area (Å²) in [4.78, 5) is 42.0. The fourth-order valence-electron chi connectivity index (χ4n) is 2.98. The molecular formula is C19H14ClN3O3S. The zero-order valence-electron chi connectivity index (χ0n) is 14.3. The monoisotopic (exact) mass is 399 g/mol. The number of carbonyl (C=O) groups is 3. The van der Waals surface area contributed by atoms with Crippen molar-refractivity contribution in [2.75, 3.05) is 10.2 Å². The third-order valence-corrected chi connectivity index (χ3v) is 5.77. The van der Waals surface area contributed by atoms with Gasteiger partial charge in [-0.05, 0) is 36.8 Å². The standard InChI is InChI=1S/C19H14ClN3O3S/c1-10-5-6-13(20)17-16(10)21-19(27-17)22-18(26)11-3-2-4-12(9-11)23-14(24)7-8-15(23)25/h2-6,9H,7-8H2,1H3,(H,21,22,26). The van der Waals surface area contributed by atoms with Crippen LogP contribution in [0, 0.1) is 6.92 Å². The average molecular weight is 400 g/mol. The molecule has 2 heterocycles. The number of amides is 3. The number of aromatic nitrogens is 1. The molecule has 0 aliphatic carbocycles. The summed E-state index contributed by atoms with van der Waals surface area (Å²) in [5.74, 6) is -0.883. The summed E-state index contributed by atoms with van der Waals surface area (Å²) >= 11 is 7.50. The van der Waals surface area contributed by atoms with Gasteiger partial charge in [-0.25, -0.2) is 4.98 Å². The minimum Gasteiger partial charge on any atom is -0.298 e. The number of anilines is 2. The van der Waals surface area contributed by atoms with Crippen molar-refractivity contribution in [3.8, 4) is 0 Å². The lowest BCUT2D eigenvalue weighted by atomic mass is 10.2. The molecule has 3 amide bonds. The molecule has 1 aromatic heterocycles. The molecule has 136 valence electrons. The van der Waals surface area contributed by atoms with E-state index in [0.29, 0.717) is 21.4 Å². The van der Waals surface area contributed by atoms with Gasteiger partial charge in [-0.1, -0.05) is 35.1 Å². The number of nitrogens with one attached hydrogen (secondary N) is 1. The van der Waals surface area contributed by atoms with Gasteiger partial charge in [-0.2, -0.15) is 0 Å². The number of hydrogen-bond acceptors (Lipinski definition) is 5. The number of nitrogens with zero attached hydrogens (tertiary/aromatic N) is 2. The maximum absolute atomic E-state index is 12.6. The van der Waals surface area contributed by atoms with Crippen molar-refractivity contribution in [1.29, 1.82) is 0 Å². The molecule has 0 saturated carbocycles. The number of imide groups is 1. The number of hydrogen-bond donors (Lipinski definition) is 1. The second-order valence-electron chi connectivity index (χ2n) is 6.19. The molecule has 0 bridgehead atoms. The highest BCUT2D eigenvalue weighted by Crippen LogP contribution is 2.34. The van der Waals surface area contributed by atoms with Crippen LogP contribution in [0.1, 0.15) is 28.8 Å². The van der Waals surface area contributed by atoms with Crippen molar-refractivity contribution in [2.24, 2.45) is 0 Å². The van der Waals surface area contributed by atoms with E-state index in [1.165, 1.54) is 17.4 Å². The second-order valence-corrected chi connectivity index (χ2v) is 7.59. The summed E-state index contributed by atoms with van der Waals surface area (Å²) in [5, 5.41) is 3.78. The highest BCUT2D eigenvalue weighted by Gasteiger charge is 2.30. The normalized spacial score (nSPS) is 14.2. The molecule has 0 radical (unpaired) electrons. The van der Waals surface area contributed by atoms with Crippen LogP contribution < -0.4 is 10.2 Å². The second kappa shape index (κ2) is 6.75. The van der Waals surface area contributed by atoms with Crippen LogP contribution in [0.3, 0.4) is 0 Å². The number of aryl methyl sites for hydroxylation is 1. The Balaban J connectivity index is 1.61. The highest BCUT2D eigenvalue weighted by atomic mass is 35.5. The van der Waals surface area contributed by atoms with Crippen LogP contribution in [0.25, 0.3) is 10.2 Å². The zero-order chi connectivity index (χ0) is 19.1. The van der Waals surface area contributed by atoms with Gasteiger partial charge in [0, 0.05) is 18.4 Å².